The zero-order valence-corrected chi connectivity index (χ0v) is 15.3. The number of aromatic nitrogens is 4. The van der Waals surface area contributed by atoms with Gasteiger partial charge in [-0.2, -0.15) is 5.10 Å². The first-order valence-corrected chi connectivity index (χ1v) is 8.41. The largest absolute Gasteiger partial charge is 0.361 e. The Morgan fingerprint density at radius 3 is 2.64 bits per heavy atom. The van der Waals surface area contributed by atoms with Gasteiger partial charge in [-0.25, -0.2) is 9.50 Å². The minimum Gasteiger partial charge on any atom is -0.361 e. The van der Waals surface area contributed by atoms with Crippen LogP contribution in [0.25, 0.3) is 16.6 Å². The maximum atomic E-state index is 6.42. The van der Waals surface area contributed by atoms with Gasteiger partial charge in [0.05, 0.1) is 16.9 Å². The van der Waals surface area contributed by atoms with Crippen LogP contribution >= 0.6 is 11.6 Å². The Labute approximate surface area is 150 Å². The lowest BCUT2D eigenvalue weighted by Gasteiger charge is -2.20. The molecule has 6 nitrogen and oxygen atoms in total. The SMILES string of the molecule is Cc1noc(C)c1CN(C)c1nc2c(Cl)c(C)nn2c2ccccc12. The first-order chi connectivity index (χ1) is 12.0. The van der Waals surface area contributed by atoms with Crippen LogP contribution in [0.3, 0.4) is 0 Å². The summed E-state index contributed by atoms with van der Waals surface area (Å²) in [6.07, 6.45) is 0. The van der Waals surface area contributed by atoms with Crippen LogP contribution in [0.1, 0.15) is 22.7 Å². The lowest BCUT2D eigenvalue weighted by atomic mass is 10.1. The van der Waals surface area contributed by atoms with Crippen molar-refractivity contribution in [1.29, 1.82) is 0 Å². The topological polar surface area (TPSA) is 59.5 Å². The van der Waals surface area contributed by atoms with E-state index >= 15 is 0 Å². The predicted octanol–water partition coefficient (Wildman–Crippen LogP) is 4.09. The zero-order valence-electron chi connectivity index (χ0n) is 14.5. The van der Waals surface area contributed by atoms with Gasteiger partial charge in [0, 0.05) is 24.5 Å². The van der Waals surface area contributed by atoms with E-state index < -0.39 is 0 Å². The van der Waals surface area contributed by atoms with E-state index in [0.717, 1.165) is 39.4 Å². The molecule has 0 bridgehead atoms. The molecule has 7 heteroatoms. The highest BCUT2D eigenvalue weighted by Gasteiger charge is 2.18. The molecule has 0 fully saturated rings. The standard InChI is InChI=1S/C18H18ClN5O/c1-10-14(12(3)25-22-10)9-23(4)17-13-7-5-6-8-15(13)24-18(20-17)16(19)11(2)21-24/h5-8H,9H2,1-4H3. The number of rotatable bonds is 3. The van der Waals surface area contributed by atoms with Crippen LogP contribution in [0.15, 0.2) is 28.8 Å². The molecule has 0 atom stereocenters. The number of fused-ring (bicyclic) bond motifs is 3. The molecule has 3 aromatic heterocycles. The van der Waals surface area contributed by atoms with Gasteiger partial charge in [0.1, 0.15) is 16.6 Å². The van der Waals surface area contributed by atoms with Crippen molar-refractivity contribution >= 4 is 34.0 Å². The van der Waals surface area contributed by atoms with Gasteiger partial charge in [-0.3, -0.25) is 0 Å². The van der Waals surface area contributed by atoms with E-state index in [0.29, 0.717) is 17.2 Å². The molecule has 3 heterocycles. The lowest BCUT2D eigenvalue weighted by molar-refractivity contribution is 0.392. The van der Waals surface area contributed by atoms with E-state index in [2.05, 4.69) is 15.2 Å². The molecular formula is C18H18ClN5O. The quantitative estimate of drug-likeness (QED) is 0.554. The summed E-state index contributed by atoms with van der Waals surface area (Å²) in [5.74, 6) is 1.68. The molecule has 0 saturated carbocycles. The average molecular weight is 356 g/mol. The highest BCUT2D eigenvalue weighted by Crippen LogP contribution is 2.30. The van der Waals surface area contributed by atoms with Gasteiger partial charge < -0.3 is 9.42 Å². The molecule has 0 amide bonds. The number of para-hydroxylation sites is 1. The summed E-state index contributed by atoms with van der Waals surface area (Å²) in [5, 5.41) is 10.2. The average Bonchev–Trinajstić information content (AvgIpc) is 3.08. The maximum Gasteiger partial charge on any atom is 0.176 e. The van der Waals surface area contributed by atoms with Crippen LogP contribution in [0, 0.1) is 20.8 Å². The normalized spacial score (nSPS) is 11.6. The smallest absolute Gasteiger partial charge is 0.176 e. The molecule has 0 spiro atoms. The Hall–Kier alpha value is -2.60. The van der Waals surface area contributed by atoms with Crippen LogP contribution in [0.2, 0.25) is 5.02 Å². The van der Waals surface area contributed by atoms with Crippen molar-refractivity contribution in [2.24, 2.45) is 0 Å². The third kappa shape index (κ3) is 2.44. The first kappa shape index (κ1) is 15.9. The van der Waals surface area contributed by atoms with E-state index in [1.807, 2.05) is 52.1 Å². The van der Waals surface area contributed by atoms with Crippen molar-refractivity contribution in [2.75, 3.05) is 11.9 Å². The maximum absolute atomic E-state index is 6.42. The molecule has 0 saturated heterocycles. The predicted molar refractivity (Wildman–Crippen MR) is 98.3 cm³/mol. The van der Waals surface area contributed by atoms with Crippen LogP contribution in [-0.2, 0) is 6.54 Å². The van der Waals surface area contributed by atoms with Gasteiger partial charge in [0.25, 0.3) is 0 Å². The van der Waals surface area contributed by atoms with Crippen LogP contribution in [0.4, 0.5) is 5.82 Å². The third-order valence-electron chi connectivity index (χ3n) is 4.49. The fourth-order valence-electron chi connectivity index (χ4n) is 3.10. The Balaban J connectivity index is 1.92. The first-order valence-electron chi connectivity index (χ1n) is 8.04. The van der Waals surface area contributed by atoms with Crippen molar-refractivity contribution in [2.45, 2.75) is 27.3 Å². The highest BCUT2D eigenvalue weighted by atomic mass is 35.5. The minimum atomic E-state index is 0.581. The Morgan fingerprint density at radius 2 is 1.92 bits per heavy atom. The van der Waals surface area contributed by atoms with E-state index in [1.165, 1.54) is 0 Å². The van der Waals surface area contributed by atoms with Gasteiger partial charge in [-0.05, 0) is 32.9 Å². The molecule has 0 aliphatic rings. The van der Waals surface area contributed by atoms with Gasteiger partial charge in [0.2, 0.25) is 0 Å². The van der Waals surface area contributed by atoms with E-state index in [9.17, 15) is 0 Å². The molecule has 0 N–H and O–H groups in total. The zero-order chi connectivity index (χ0) is 17.7. The number of anilines is 1. The second kappa shape index (κ2) is 5.74. The van der Waals surface area contributed by atoms with Crippen LogP contribution in [-0.4, -0.2) is 26.8 Å². The summed E-state index contributed by atoms with van der Waals surface area (Å²) in [7, 11) is 2.01. The molecule has 0 unspecified atom stereocenters. The Bertz CT molecular complexity index is 1080. The molecule has 128 valence electrons. The summed E-state index contributed by atoms with van der Waals surface area (Å²) in [6.45, 7) is 6.42. The van der Waals surface area contributed by atoms with Gasteiger partial charge in [-0.15, -0.1) is 0 Å². The van der Waals surface area contributed by atoms with E-state index in [-0.39, 0.29) is 0 Å². The molecule has 0 aliphatic carbocycles. The van der Waals surface area contributed by atoms with Gasteiger partial charge in [0.15, 0.2) is 5.65 Å². The summed E-state index contributed by atoms with van der Waals surface area (Å²) in [4.78, 5) is 6.90. The molecular weight excluding hydrogens is 338 g/mol. The number of nitrogens with zero attached hydrogens (tertiary/aromatic N) is 5. The molecule has 1 aromatic carbocycles. The van der Waals surface area contributed by atoms with Crippen molar-refractivity contribution < 1.29 is 4.52 Å². The number of halogens is 1. The number of benzene rings is 1. The molecule has 25 heavy (non-hydrogen) atoms. The monoisotopic (exact) mass is 355 g/mol. The third-order valence-corrected chi connectivity index (χ3v) is 4.93. The second-order valence-electron chi connectivity index (χ2n) is 6.25. The van der Waals surface area contributed by atoms with Crippen molar-refractivity contribution in [1.82, 2.24) is 19.8 Å². The summed E-state index contributed by atoms with van der Waals surface area (Å²) < 4.78 is 7.09. The van der Waals surface area contributed by atoms with Crippen molar-refractivity contribution in [3.63, 3.8) is 0 Å². The fraction of sp³-hybridized carbons (Fsp3) is 0.278. The summed E-state index contributed by atoms with van der Waals surface area (Å²) in [6, 6.07) is 8.07. The lowest BCUT2D eigenvalue weighted by Crippen LogP contribution is -2.19. The van der Waals surface area contributed by atoms with Crippen LogP contribution < -0.4 is 4.90 Å². The fourth-order valence-corrected chi connectivity index (χ4v) is 3.26. The van der Waals surface area contributed by atoms with Crippen molar-refractivity contribution in [3.05, 3.63) is 52.0 Å². The number of hydrogen-bond acceptors (Lipinski definition) is 5. The Morgan fingerprint density at radius 1 is 1.16 bits per heavy atom. The number of aryl methyl sites for hydroxylation is 3. The van der Waals surface area contributed by atoms with Crippen molar-refractivity contribution in [3.8, 4) is 0 Å². The van der Waals surface area contributed by atoms with Gasteiger partial charge >= 0.3 is 0 Å². The summed E-state index contributed by atoms with van der Waals surface area (Å²) >= 11 is 6.42. The number of hydrogen-bond donors (Lipinski definition) is 0. The molecule has 4 rings (SSSR count). The highest BCUT2D eigenvalue weighted by molar-refractivity contribution is 6.34. The molecule has 0 aliphatic heterocycles. The van der Waals surface area contributed by atoms with E-state index in [4.69, 9.17) is 21.1 Å². The molecule has 0 radical (unpaired) electrons. The van der Waals surface area contributed by atoms with Gasteiger partial charge in [-0.1, -0.05) is 28.9 Å². The Kier molecular flexibility index (Phi) is 3.65. The molecule has 4 aromatic rings. The summed E-state index contributed by atoms with van der Waals surface area (Å²) in [5.41, 5.74) is 4.38. The van der Waals surface area contributed by atoms with Crippen LogP contribution in [0.5, 0.6) is 0 Å². The minimum absolute atomic E-state index is 0.581. The second-order valence-corrected chi connectivity index (χ2v) is 6.62. The van der Waals surface area contributed by atoms with E-state index in [1.54, 1.807) is 4.52 Å².